The van der Waals surface area contributed by atoms with Crippen molar-refractivity contribution in [2.24, 2.45) is 0 Å². The van der Waals surface area contributed by atoms with E-state index in [1.807, 2.05) is 6.92 Å². The number of carbonyl (C=O) groups excluding carboxylic acids is 1. The van der Waals surface area contributed by atoms with Crippen molar-refractivity contribution in [2.75, 3.05) is 13.2 Å². The van der Waals surface area contributed by atoms with Gasteiger partial charge in [-0.1, -0.05) is 6.92 Å². The molecule has 0 aliphatic heterocycles. The predicted octanol–water partition coefficient (Wildman–Crippen LogP) is 1.38. The van der Waals surface area contributed by atoms with Crippen molar-refractivity contribution in [1.29, 1.82) is 5.26 Å². The zero-order valence-electron chi connectivity index (χ0n) is 7.87. The normalized spacial score (nSPS) is 10.4. The molecular formula is C9H13NO3. The number of nitriles is 1. The maximum absolute atomic E-state index is 11.0. The van der Waals surface area contributed by atoms with Gasteiger partial charge in [-0.2, -0.15) is 5.26 Å². The molecule has 0 aliphatic carbocycles. The van der Waals surface area contributed by atoms with Gasteiger partial charge in [-0.3, -0.25) is 0 Å². The maximum atomic E-state index is 11.0. The largest absolute Gasteiger partial charge is 0.500 e. The molecule has 4 heteroatoms. The fraction of sp³-hybridized carbons (Fsp3) is 0.556. The summed E-state index contributed by atoms with van der Waals surface area (Å²) < 4.78 is 9.53. The van der Waals surface area contributed by atoms with Gasteiger partial charge in [-0.05, 0) is 13.3 Å². The van der Waals surface area contributed by atoms with Crippen LogP contribution in [0.5, 0.6) is 0 Å². The van der Waals surface area contributed by atoms with Crippen molar-refractivity contribution < 1.29 is 14.3 Å². The molecule has 0 unspecified atom stereocenters. The number of nitrogens with zero attached hydrogens (tertiary/aromatic N) is 1. The van der Waals surface area contributed by atoms with E-state index >= 15 is 0 Å². The smallest absolute Gasteiger partial charge is 0.352 e. The standard InChI is InChI=1S/C9H13NO3/c1-3-5-13-9(11)8(6-10)7-12-4-2/h7H,3-5H2,1-2H3. The zero-order valence-corrected chi connectivity index (χ0v) is 7.87. The molecule has 72 valence electrons. The summed E-state index contributed by atoms with van der Waals surface area (Å²) in [6.45, 7) is 4.39. The lowest BCUT2D eigenvalue weighted by Crippen LogP contribution is -2.07. The molecular weight excluding hydrogens is 170 g/mol. The molecule has 0 saturated carbocycles. The fourth-order valence-corrected chi connectivity index (χ4v) is 0.559. The monoisotopic (exact) mass is 183 g/mol. The van der Waals surface area contributed by atoms with Crippen molar-refractivity contribution in [3.05, 3.63) is 11.8 Å². The fourth-order valence-electron chi connectivity index (χ4n) is 0.559. The van der Waals surface area contributed by atoms with Crippen molar-refractivity contribution in [2.45, 2.75) is 20.3 Å². The molecule has 0 bridgehead atoms. The highest BCUT2D eigenvalue weighted by Gasteiger charge is 2.09. The quantitative estimate of drug-likeness (QED) is 0.279. The van der Waals surface area contributed by atoms with Gasteiger partial charge in [0, 0.05) is 0 Å². The first-order valence-corrected chi connectivity index (χ1v) is 4.15. The average Bonchev–Trinajstić information content (AvgIpc) is 2.16. The first kappa shape index (κ1) is 11.5. The molecule has 0 fully saturated rings. The molecule has 13 heavy (non-hydrogen) atoms. The van der Waals surface area contributed by atoms with Gasteiger partial charge in [-0.15, -0.1) is 0 Å². The van der Waals surface area contributed by atoms with Gasteiger partial charge >= 0.3 is 5.97 Å². The summed E-state index contributed by atoms with van der Waals surface area (Å²) in [5, 5.41) is 8.52. The number of rotatable bonds is 5. The Kier molecular flexibility index (Phi) is 6.34. The molecule has 0 aliphatic rings. The molecule has 0 aromatic heterocycles. The van der Waals surface area contributed by atoms with E-state index in [4.69, 9.17) is 14.7 Å². The lowest BCUT2D eigenvalue weighted by atomic mass is 10.3. The molecule has 0 amide bonds. The molecule has 0 spiro atoms. The minimum atomic E-state index is -0.627. The Morgan fingerprint density at radius 1 is 1.54 bits per heavy atom. The third-order valence-electron chi connectivity index (χ3n) is 1.15. The van der Waals surface area contributed by atoms with Crippen LogP contribution in [0, 0.1) is 11.3 Å². The summed E-state index contributed by atoms with van der Waals surface area (Å²) in [7, 11) is 0. The Balaban J connectivity index is 4.09. The summed E-state index contributed by atoms with van der Waals surface area (Å²) in [4.78, 5) is 11.0. The molecule has 0 aromatic rings. The van der Waals surface area contributed by atoms with Crippen LogP contribution in [-0.4, -0.2) is 19.2 Å². The number of hydrogen-bond acceptors (Lipinski definition) is 4. The minimum Gasteiger partial charge on any atom is -0.500 e. The molecule has 0 saturated heterocycles. The maximum Gasteiger partial charge on any atom is 0.352 e. The second kappa shape index (κ2) is 7.17. The Bertz CT molecular complexity index is 228. The van der Waals surface area contributed by atoms with Crippen LogP contribution in [0.25, 0.3) is 0 Å². The number of esters is 1. The Morgan fingerprint density at radius 2 is 2.23 bits per heavy atom. The van der Waals surface area contributed by atoms with E-state index in [1.165, 1.54) is 0 Å². The molecule has 4 nitrogen and oxygen atoms in total. The second-order valence-corrected chi connectivity index (χ2v) is 2.23. The van der Waals surface area contributed by atoms with Gasteiger partial charge in [0.25, 0.3) is 0 Å². The molecule has 0 rings (SSSR count). The first-order valence-electron chi connectivity index (χ1n) is 4.15. The van der Waals surface area contributed by atoms with Crippen LogP contribution < -0.4 is 0 Å². The Labute approximate surface area is 77.8 Å². The second-order valence-electron chi connectivity index (χ2n) is 2.23. The third kappa shape index (κ3) is 4.86. The SMILES string of the molecule is CCCOC(=O)C(C#N)=COCC. The van der Waals surface area contributed by atoms with Gasteiger partial charge in [-0.25, -0.2) is 4.79 Å². The van der Waals surface area contributed by atoms with E-state index < -0.39 is 5.97 Å². The predicted molar refractivity (Wildman–Crippen MR) is 46.6 cm³/mol. The van der Waals surface area contributed by atoms with Gasteiger partial charge in [0.15, 0.2) is 5.57 Å². The molecule has 0 aromatic carbocycles. The topological polar surface area (TPSA) is 59.3 Å². The zero-order chi connectivity index (χ0) is 10.1. The third-order valence-corrected chi connectivity index (χ3v) is 1.15. The Morgan fingerprint density at radius 3 is 2.69 bits per heavy atom. The lowest BCUT2D eigenvalue weighted by Gasteiger charge is -2.00. The average molecular weight is 183 g/mol. The summed E-state index contributed by atoms with van der Waals surface area (Å²) in [5.41, 5.74) is -0.102. The van der Waals surface area contributed by atoms with Crippen molar-refractivity contribution in [3.63, 3.8) is 0 Å². The summed E-state index contributed by atoms with van der Waals surface area (Å²) >= 11 is 0. The van der Waals surface area contributed by atoms with Gasteiger partial charge in [0.1, 0.15) is 12.3 Å². The van der Waals surface area contributed by atoms with Gasteiger partial charge in [0.05, 0.1) is 13.2 Å². The first-order chi connectivity index (χ1) is 6.26. The minimum absolute atomic E-state index is 0.102. The Hall–Kier alpha value is -1.50. The van der Waals surface area contributed by atoms with Crippen molar-refractivity contribution in [3.8, 4) is 6.07 Å². The molecule has 0 radical (unpaired) electrons. The number of carbonyl (C=O) groups is 1. The van der Waals surface area contributed by atoms with Crippen molar-refractivity contribution >= 4 is 5.97 Å². The molecule has 0 N–H and O–H groups in total. The van der Waals surface area contributed by atoms with Crippen LogP contribution in [0.1, 0.15) is 20.3 Å². The highest BCUT2D eigenvalue weighted by atomic mass is 16.5. The highest BCUT2D eigenvalue weighted by Crippen LogP contribution is 1.97. The number of ether oxygens (including phenoxy) is 2. The van der Waals surface area contributed by atoms with Crippen LogP contribution in [-0.2, 0) is 14.3 Å². The molecule has 0 atom stereocenters. The van der Waals surface area contributed by atoms with E-state index in [0.717, 1.165) is 12.7 Å². The van der Waals surface area contributed by atoms with Gasteiger partial charge < -0.3 is 9.47 Å². The molecule has 0 heterocycles. The number of hydrogen-bond donors (Lipinski definition) is 0. The summed E-state index contributed by atoms with van der Waals surface area (Å²) in [6, 6.07) is 1.71. The van der Waals surface area contributed by atoms with E-state index in [9.17, 15) is 4.79 Å². The van der Waals surface area contributed by atoms with E-state index in [2.05, 4.69) is 0 Å². The van der Waals surface area contributed by atoms with Crippen LogP contribution in [0.4, 0.5) is 0 Å². The van der Waals surface area contributed by atoms with E-state index in [1.54, 1.807) is 13.0 Å². The van der Waals surface area contributed by atoms with E-state index in [-0.39, 0.29) is 5.57 Å². The van der Waals surface area contributed by atoms with Gasteiger partial charge in [0.2, 0.25) is 0 Å². The summed E-state index contributed by atoms with van der Waals surface area (Å²) in [6.07, 6.45) is 1.86. The summed E-state index contributed by atoms with van der Waals surface area (Å²) in [5.74, 6) is -0.627. The van der Waals surface area contributed by atoms with Crippen LogP contribution in [0.15, 0.2) is 11.8 Å². The highest BCUT2D eigenvalue weighted by molar-refractivity contribution is 5.92. The van der Waals surface area contributed by atoms with Crippen LogP contribution >= 0.6 is 0 Å². The van der Waals surface area contributed by atoms with Crippen LogP contribution in [0.3, 0.4) is 0 Å². The lowest BCUT2D eigenvalue weighted by molar-refractivity contribution is -0.138. The van der Waals surface area contributed by atoms with Crippen molar-refractivity contribution in [1.82, 2.24) is 0 Å². The van der Waals surface area contributed by atoms with E-state index in [0.29, 0.717) is 13.2 Å². The van der Waals surface area contributed by atoms with Crippen LogP contribution in [0.2, 0.25) is 0 Å².